The first-order valence-electron chi connectivity index (χ1n) is 4.86. The first-order chi connectivity index (χ1) is 6.58. The predicted octanol–water partition coefficient (Wildman–Crippen LogP) is 2.95. The first kappa shape index (κ1) is 11.5. The quantitative estimate of drug-likeness (QED) is 0.717. The Morgan fingerprint density at radius 2 is 2.00 bits per heavy atom. The fourth-order valence-corrected chi connectivity index (χ4v) is 3.10. The van der Waals surface area contributed by atoms with E-state index in [0.29, 0.717) is 6.61 Å². The van der Waals surface area contributed by atoms with E-state index in [1.807, 2.05) is 38.1 Å². The van der Waals surface area contributed by atoms with Gasteiger partial charge in [-0.1, -0.05) is 25.1 Å². The van der Waals surface area contributed by atoms with Crippen molar-refractivity contribution in [3.8, 4) is 0 Å². The van der Waals surface area contributed by atoms with Gasteiger partial charge in [-0.15, -0.1) is 0 Å². The summed E-state index contributed by atoms with van der Waals surface area (Å²) >= 11 is 0. The molecule has 0 bridgehead atoms. The summed E-state index contributed by atoms with van der Waals surface area (Å²) in [6, 6.07) is 7.68. The molecule has 0 radical (unpaired) electrons. The molecule has 0 spiro atoms. The van der Waals surface area contributed by atoms with Crippen LogP contribution < -0.4 is 5.30 Å². The van der Waals surface area contributed by atoms with E-state index in [4.69, 9.17) is 4.52 Å². The molecule has 0 aliphatic heterocycles. The first-order valence-corrected chi connectivity index (χ1v) is 6.93. The summed E-state index contributed by atoms with van der Waals surface area (Å²) in [7, 11) is -2.60. The minimum atomic E-state index is -2.60. The smallest absolute Gasteiger partial charge is 0.229 e. The van der Waals surface area contributed by atoms with E-state index in [0.717, 1.165) is 17.3 Å². The van der Waals surface area contributed by atoms with Crippen LogP contribution >= 0.6 is 7.37 Å². The molecule has 78 valence electrons. The van der Waals surface area contributed by atoms with Gasteiger partial charge < -0.3 is 4.52 Å². The van der Waals surface area contributed by atoms with Gasteiger partial charge in [0.05, 0.1) is 6.61 Å². The average Bonchev–Trinajstić information content (AvgIpc) is 2.15. The molecule has 0 fully saturated rings. The molecule has 14 heavy (non-hydrogen) atoms. The highest BCUT2D eigenvalue weighted by molar-refractivity contribution is 7.66. The lowest BCUT2D eigenvalue weighted by atomic mass is 10.2. The molecule has 3 heteroatoms. The van der Waals surface area contributed by atoms with E-state index in [1.165, 1.54) is 0 Å². The molecule has 2 nitrogen and oxygen atoms in total. The maximum absolute atomic E-state index is 12.2. The summed E-state index contributed by atoms with van der Waals surface area (Å²) in [6.07, 6.45) is 0.893. The Balaban J connectivity index is 2.92. The van der Waals surface area contributed by atoms with Crippen molar-refractivity contribution in [3.05, 3.63) is 29.8 Å². The van der Waals surface area contributed by atoms with E-state index >= 15 is 0 Å². The lowest BCUT2D eigenvalue weighted by molar-refractivity contribution is 0.323. The lowest BCUT2D eigenvalue weighted by Crippen LogP contribution is -2.10. The second-order valence-electron chi connectivity index (χ2n) is 3.47. The van der Waals surface area contributed by atoms with Crippen molar-refractivity contribution in [2.24, 2.45) is 0 Å². The molecular formula is C11H17O2P. The molecule has 0 aliphatic rings. The van der Waals surface area contributed by atoms with Gasteiger partial charge in [0.25, 0.3) is 0 Å². The summed E-state index contributed by atoms with van der Waals surface area (Å²) in [6.45, 7) is 6.21. The fourth-order valence-electron chi connectivity index (χ4n) is 1.35. The number of hydrogen-bond donors (Lipinski definition) is 0. The maximum atomic E-state index is 12.2. The third-order valence-corrected chi connectivity index (χ3v) is 4.15. The van der Waals surface area contributed by atoms with Crippen molar-refractivity contribution in [3.63, 3.8) is 0 Å². The van der Waals surface area contributed by atoms with Crippen LogP contribution in [0.25, 0.3) is 0 Å². The summed E-state index contributed by atoms with van der Waals surface area (Å²) in [5, 5.41) is 0.841. The Morgan fingerprint density at radius 3 is 2.57 bits per heavy atom. The Hall–Kier alpha value is -0.590. The molecule has 0 heterocycles. The van der Waals surface area contributed by atoms with E-state index in [1.54, 1.807) is 6.66 Å². The number of rotatable bonds is 4. The van der Waals surface area contributed by atoms with Crippen molar-refractivity contribution in [2.45, 2.75) is 20.3 Å². The Kier molecular flexibility index (Phi) is 3.91. The minimum Gasteiger partial charge on any atom is -0.325 e. The van der Waals surface area contributed by atoms with Gasteiger partial charge in [-0.2, -0.15) is 0 Å². The molecule has 1 rings (SSSR count). The molecule has 0 saturated heterocycles. The Bertz CT molecular complexity index is 347. The van der Waals surface area contributed by atoms with Crippen molar-refractivity contribution in [2.75, 3.05) is 13.3 Å². The molecule has 1 atom stereocenters. The summed E-state index contributed by atoms with van der Waals surface area (Å²) in [4.78, 5) is 0. The summed E-state index contributed by atoms with van der Waals surface area (Å²) < 4.78 is 17.6. The number of aryl methyl sites for hydroxylation is 1. The molecule has 0 saturated carbocycles. The third kappa shape index (κ3) is 2.70. The van der Waals surface area contributed by atoms with Gasteiger partial charge in [-0.3, -0.25) is 4.57 Å². The van der Waals surface area contributed by atoms with E-state index < -0.39 is 7.37 Å². The van der Waals surface area contributed by atoms with Crippen molar-refractivity contribution < 1.29 is 9.09 Å². The zero-order valence-electron chi connectivity index (χ0n) is 8.99. The van der Waals surface area contributed by atoms with Gasteiger partial charge in [0.2, 0.25) is 7.37 Å². The normalized spacial score (nSPS) is 15.1. The van der Waals surface area contributed by atoms with Crippen LogP contribution in [0.1, 0.15) is 18.9 Å². The molecule has 0 N–H and O–H groups in total. The van der Waals surface area contributed by atoms with Gasteiger partial charge in [0.15, 0.2) is 0 Å². The molecule has 0 aromatic heterocycles. The Labute approximate surface area is 85.7 Å². The van der Waals surface area contributed by atoms with Gasteiger partial charge >= 0.3 is 0 Å². The van der Waals surface area contributed by atoms with E-state index in [-0.39, 0.29) is 0 Å². The maximum Gasteiger partial charge on any atom is 0.229 e. The Morgan fingerprint density at radius 1 is 1.36 bits per heavy atom. The van der Waals surface area contributed by atoms with Crippen molar-refractivity contribution in [1.29, 1.82) is 0 Å². The van der Waals surface area contributed by atoms with Crippen molar-refractivity contribution >= 4 is 12.7 Å². The zero-order chi connectivity index (χ0) is 10.6. The highest BCUT2D eigenvalue weighted by Gasteiger charge is 2.20. The monoisotopic (exact) mass is 212 g/mol. The highest BCUT2D eigenvalue weighted by atomic mass is 31.2. The van der Waals surface area contributed by atoms with Gasteiger partial charge in [0.1, 0.15) is 0 Å². The fraction of sp³-hybridized carbons (Fsp3) is 0.455. The second kappa shape index (κ2) is 4.77. The van der Waals surface area contributed by atoms with Gasteiger partial charge in [-0.25, -0.2) is 0 Å². The number of benzene rings is 1. The predicted molar refractivity (Wildman–Crippen MR) is 60.6 cm³/mol. The van der Waals surface area contributed by atoms with E-state index in [2.05, 4.69) is 0 Å². The zero-order valence-corrected chi connectivity index (χ0v) is 9.88. The van der Waals surface area contributed by atoms with Crippen LogP contribution in [0.15, 0.2) is 24.3 Å². The summed E-state index contributed by atoms with van der Waals surface area (Å²) in [5.74, 6) is 0. The third-order valence-electron chi connectivity index (χ3n) is 2.09. The highest BCUT2D eigenvalue weighted by Crippen LogP contribution is 2.42. The molecule has 0 amide bonds. The topological polar surface area (TPSA) is 26.3 Å². The van der Waals surface area contributed by atoms with Crippen LogP contribution in [-0.2, 0) is 9.09 Å². The average molecular weight is 212 g/mol. The van der Waals surface area contributed by atoms with Crippen LogP contribution in [0.5, 0.6) is 0 Å². The molecule has 1 aromatic rings. The van der Waals surface area contributed by atoms with Crippen LogP contribution in [0, 0.1) is 6.92 Å². The largest absolute Gasteiger partial charge is 0.325 e. The number of hydrogen-bond acceptors (Lipinski definition) is 2. The summed E-state index contributed by atoms with van der Waals surface area (Å²) in [5.41, 5.74) is 1.04. The van der Waals surface area contributed by atoms with Crippen molar-refractivity contribution in [1.82, 2.24) is 0 Å². The second-order valence-corrected chi connectivity index (χ2v) is 5.90. The molecular weight excluding hydrogens is 195 g/mol. The molecule has 0 aliphatic carbocycles. The lowest BCUT2D eigenvalue weighted by Gasteiger charge is -2.15. The van der Waals surface area contributed by atoms with Crippen LogP contribution in [0.4, 0.5) is 0 Å². The van der Waals surface area contributed by atoms with Crippen LogP contribution in [0.3, 0.4) is 0 Å². The SMILES string of the molecule is CCCOP(C)(=O)c1ccccc1C. The van der Waals surface area contributed by atoms with E-state index in [9.17, 15) is 4.57 Å². The molecule has 1 aromatic carbocycles. The molecule has 1 unspecified atom stereocenters. The van der Waals surface area contributed by atoms with Gasteiger partial charge in [-0.05, 0) is 25.0 Å². The standard InChI is InChI=1S/C11H17O2P/c1-4-9-13-14(3,12)11-8-6-5-7-10(11)2/h5-8H,4,9H2,1-3H3. The van der Waals surface area contributed by atoms with Crippen LogP contribution in [-0.4, -0.2) is 13.3 Å². The minimum absolute atomic E-state index is 0.558. The van der Waals surface area contributed by atoms with Crippen LogP contribution in [0.2, 0.25) is 0 Å². The van der Waals surface area contributed by atoms with Gasteiger partial charge in [0, 0.05) is 12.0 Å².